The maximum absolute atomic E-state index is 13.7. The number of aromatic nitrogens is 4. The van der Waals surface area contributed by atoms with Gasteiger partial charge in [0.15, 0.2) is 0 Å². The lowest BCUT2D eigenvalue weighted by molar-refractivity contribution is 0.948. The van der Waals surface area contributed by atoms with Gasteiger partial charge in [0, 0.05) is 34.2 Å². The molecule has 0 saturated heterocycles. The molecule has 0 radical (unpaired) electrons. The van der Waals surface area contributed by atoms with Crippen LogP contribution in [0.2, 0.25) is 5.02 Å². The molecular weight excluding hydrogens is 484 g/mol. The Morgan fingerprint density at radius 2 is 1.57 bits per heavy atom. The van der Waals surface area contributed by atoms with Crippen LogP contribution in [-0.4, -0.2) is 25.7 Å². The molecule has 2 N–H and O–H groups in total. The average molecular weight is 507 g/mol. The molecule has 0 unspecified atom stereocenters. The van der Waals surface area contributed by atoms with Crippen LogP contribution in [0.1, 0.15) is 17.0 Å². The molecule has 0 bridgehead atoms. The standard InChI is InChI=1S/C29H23ClN6O/c1-18-17-32-19(2)26(33-18)20-8-10-21(11-9-20)28-35-27(34-23-6-4-3-5-7-23)25(16-31)29(37)36(28)24-14-12-22(30)13-15-24/h3-17,31,34H,1-2H3. The quantitative estimate of drug-likeness (QED) is 0.261. The second-order valence-electron chi connectivity index (χ2n) is 8.47. The Morgan fingerprint density at radius 3 is 2.24 bits per heavy atom. The predicted octanol–water partition coefficient (Wildman–Crippen LogP) is 6.37. The number of nitrogens with one attached hydrogen (secondary N) is 2. The fourth-order valence-electron chi connectivity index (χ4n) is 4.03. The summed E-state index contributed by atoms with van der Waals surface area (Å²) in [5.74, 6) is 0.728. The molecule has 37 heavy (non-hydrogen) atoms. The smallest absolute Gasteiger partial charge is 0.269 e. The Hall–Kier alpha value is -4.62. The fraction of sp³-hybridized carbons (Fsp3) is 0.0690. The maximum atomic E-state index is 13.7. The molecule has 0 spiro atoms. The van der Waals surface area contributed by atoms with Gasteiger partial charge < -0.3 is 10.7 Å². The summed E-state index contributed by atoms with van der Waals surface area (Å²) in [5, 5.41) is 11.7. The minimum absolute atomic E-state index is 0.143. The number of aryl methyl sites for hydroxylation is 2. The van der Waals surface area contributed by atoms with Gasteiger partial charge in [0.25, 0.3) is 5.56 Å². The van der Waals surface area contributed by atoms with Crippen molar-refractivity contribution < 1.29 is 0 Å². The van der Waals surface area contributed by atoms with Crippen LogP contribution in [0.3, 0.4) is 0 Å². The summed E-state index contributed by atoms with van der Waals surface area (Å²) >= 11 is 6.11. The van der Waals surface area contributed by atoms with E-state index < -0.39 is 0 Å². The molecule has 2 aromatic heterocycles. The first kappa shape index (κ1) is 24.1. The lowest BCUT2D eigenvalue weighted by atomic mass is 10.1. The SMILES string of the molecule is Cc1cnc(C)c(-c2ccc(-c3nc(Nc4ccccc4)c(C=N)c(=O)n3-c3ccc(Cl)cc3)cc2)n1. The molecular formula is C29H23ClN6O. The van der Waals surface area contributed by atoms with Gasteiger partial charge in [0.2, 0.25) is 0 Å². The highest BCUT2D eigenvalue weighted by atomic mass is 35.5. The van der Waals surface area contributed by atoms with E-state index in [2.05, 4.69) is 15.3 Å². The monoisotopic (exact) mass is 506 g/mol. The summed E-state index contributed by atoms with van der Waals surface area (Å²) in [7, 11) is 0. The Kier molecular flexibility index (Phi) is 6.62. The van der Waals surface area contributed by atoms with E-state index in [0.29, 0.717) is 22.4 Å². The van der Waals surface area contributed by atoms with Gasteiger partial charge in [-0.1, -0.05) is 54.1 Å². The summed E-state index contributed by atoms with van der Waals surface area (Å²) in [5.41, 5.74) is 5.24. The third kappa shape index (κ3) is 4.90. The van der Waals surface area contributed by atoms with Crippen molar-refractivity contribution >= 4 is 29.3 Å². The molecule has 182 valence electrons. The zero-order valence-electron chi connectivity index (χ0n) is 20.2. The second-order valence-corrected chi connectivity index (χ2v) is 8.91. The van der Waals surface area contributed by atoms with Gasteiger partial charge in [-0.15, -0.1) is 0 Å². The van der Waals surface area contributed by atoms with E-state index in [9.17, 15) is 4.79 Å². The lowest BCUT2D eigenvalue weighted by Crippen LogP contribution is -2.26. The van der Waals surface area contributed by atoms with Crippen LogP contribution in [0.25, 0.3) is 28.3 Å². The number of benzene rings is 3. The molecule has 2 heterocycles. The topological polar surface area (TPSA) is 96.5 Å². The first-order chi connectivity index (χ1) is 17.9. The third-order valence-corrected chi connectivity index (χ3v) is 6.13. The van der Waals surface area contributed by atoms with E-state index in [1.165, 1.54) is 4.57 Å². The van der Waals surface area contributed by atoms with E-state index in [1.807, 2.05) is 68.4 Å². The molecule has 0 amide bonds. The first-order valence-electron chi connectivity index (χ1n) is 11.6. The minimum Gasteiger partial charge on any atom is -0.339 e. The van der Waals surface area contributed by atoms with Crippen molar-refractivity contribution in [2.45, 2.75) is 13.8 Å². The van der Waals surface area contributed by atoms with Crippen LogP contribution in [0.4, 0.5) is 11.5 Å². The van der Waals surface area contributed by atoms with Crippen LogP contribution in [-0.2, 0) is 0 Å². The van der Waals surface area contributed by atoms with E-state index in [4.69, 9.17) is 22.0 Å². The van der Waals surface area contributed by atoms with E-state index in [1.54, 1.807) is 30.5 Å². The van der Waals surface area contributed by atoms with E-state index >= 15 is 0 Å². The Morgan fingerprint density at radius 1 is 0.892 bits per heavy atom. The van der Waals surface area contributed by atoms with Crippen LogP contribution in [0.15, 0.2) is 89.9 Å². The largest absolute Gasteiger partial charge is 0.339 e. The number of rotatable bonds is 6. The lowest BCUT2D eigenvalue weighted by Gasteiger charge is -2.17. The highest BCUT2D eigenvalue weighted by Crippen LogP contribution is 2.28. The van der Waals surface area contributed by atoms with Crippen LogP contribution < -0.4 is 10.9 Å². The first-order valence-corrected chi connectivity index (χ1v) is 12.0. The molecule has 0 atom stereocenters. The van der Waals surface area contributed by atoms with Crippen molar-refractivity contribution in [1.29, 1.82) is 5.41 Å². The van der Waals surface area contributed by atoms with Crippen molar-refractivity contribution in [3.05, 3.63) is 117 Å². The van der Waals surface area contributed by atoms with Crippen molar-refractivity contribution in [3.8, 4) is 28.3 Å². The summed E-state index contributed by atoms with van der Waals surface area (Å²) < 4.78 is 1.50. The minimum atomic E-state index is -0.370. The van der Waals surface area contributed by atoms with Gasteiger partial charge in [0.05, 0.1) is 22.8 Å². The summed E-state index contributed by atoms with van der Waals surface area (Å²) in [6, 6.07) is 24.1. The number of nitrogens with zero attached hydrogens (tertiary/aromatic N) is 4. The normalized spacial score (nSPS) is 10.8. The number of hydrogen-bond donors (Lipinski definition) is 2. The highest BCUT2D eigenvalue weighted by molar-refractivity contribution is 6.30. The van der Waals surface area contributed by atoms with Crippen LogP contribution in [0.5, 0.6) is 0 Å². The molecule has 3 aromatic carbocycles. The van der Waals surface area contributed by atoms with Gasteiger partial charge in [-0.2, -0.15) is 0 Å². The highest BCUT2D eigenvalue weighted by Gasteiger charge is 2.19. The summed E-state index contributed by atoms with van der Waals surface area (Å²) in [4.78, 5) is 27.6. The Labute approximate surface area is 219 Å². The van der Waals surface area contributed by atoms with E-state index in [-0.39, 0.29) is 11.1 Å². The Balaban J connectivity index is 1.70. The van der Waals surface area contributed by atoms with Gasteiger partial charge >= 0.3 is 0 Å². The zero-order chi connectivity index (χ0) is 25.9. The van der Waals surface area contributed by atoms with E-state index in [0.717, 1.165) is 40.1 Å². The van der Waals surface area contributed by atoms with Crippen molar-refractivity contribution in [3.63, 3.8) is 0 Å². The molecule has 0 aliphatic carbocycles. The van der Waals surface area contributed by atoms with Gasteiger partial charge in [-0.05, 0) is 50.2 Å². The Bertz CT molecular complexity index is 1650. The molecule has 5 aromatic rings. The number of para-hydroxylation sites is 1. The van der Waals surface area contributed by atoms with Crippen molar-refractivity contribution in [2.75, 3.05) is 5.32 Å². The number of halogens is 1. The van der Waals surface area contributed by atoms with Gasteiger partial charge in [0.1, 0.15) is 17.2 Å². The van der Waals surface area contributed by atoms with Crippen LogP contribution in [0, 0.1) is 19.3 Å². The average Bonchev–Trinajstić information content (AvgIpc) is 2.91. The van der Waals surface area contributed by atoms with Gasteiger partial charge in [-0.3, -0.25) is 14.3 Å². The van der Waals surface area contributed by atoms with Crippen molar-refractivity contribution in [2.24, 2.45) is 0 Å². The maximum Gasteiger partial charge on any atom is 0.269 e. The molecule has 0 saturated carbocycles. The molecule has 0 aliphatic rings. The number of hydrogen-bond acceptors (Lipinski definition) is 6. The van der Waals surface area contributed by atoms with Crippen LogP contribution >= 0.6 is 11.6 Å². The second kappa shape index (κ2) is 10.2. The molecule has 8 heteroatoms. The molecule has 0 fully saturated rings. The molecule has 7 nitrogen and oxygen atoms in total. The van der Waals surface area contributed by atoms with Gasteiger partial charge in [-0.25, -0.2) is 9.97 Å². The third-order valence-electron chi connectivity index (χ3n) is 5.88. The zero-order valence-corrected chi connectivity index (χ0v) is 21.0. The predicted molar refractivity (Wildman–Crippen MR) is 148 cm³/mol. The summed E-state index contributed by atoms with van der Waals surface area (Å²) in [6.45, 7) is 3.83. The van der Waals surface area contributed by atoms with Crippen molar-refractivity contribution in [1.82, 2.24) is 19.5 Å². The fourth-order valence-corrected chi connectivity index (χ4v) is 4.16. The number of anilines is 2. The summed E-state index contributed by atoms with van der Waals surface area (Å²) in [6.07, 6.45) is 2.77. The molecule has 5 rings (SSSR count). The molecule has 0 aliphatic heterocycles.